The highest BCUT2D eigenvalue weighted by atomic mass is 32.2. The fourth-order valence-electron chi connectivity index (χ4n) is 3.98. The van der Waals surface area contributed by atoms with Crippen molar-refractivity contribution in [3.8, 4) is 5.75 Å². The summed E-state index contributed by atoms with van der Waals surface area (Å²) in [6, 6.07) is 0. The van der Waals surface area contributed by atoms with E-state index in [-0.39, 0.29) is 42.2 Å². The predicted octanol–water partition coefficient (Wildman–Crippen LogP) is 5.35. The van der Waals surface area contributed by atoms with Crippen molar-refractivity contribution in [3.63, 3.8) is 0 Å². The summed E-state index contributed by atoms with van der Waals surface area (Å²) in [6.07, 6.45) is 0.335. The number of thioether (sulfide) groups is 2. The molecule has 0 fully saturated rings. The third kappa shape index (κ3) is 18.9. The molecule has 0 saturated heterocycles. The lowest BCUT2D eigenvalue weighted by molar-refractivity contribution is -0.138. The van der Waals surface area contributed by atoms with Gasteiger partial charge >= 0.3 is 11.9 Å². The van der Waals surface area contributed by atoms with Gasteiger partial charge in [0.1, 0.15) is 0 Å². The molecule has 284 valence electrons. The highest BCUT2D eigenvalue weighted by Gasteiger charge is 2.29. The largest absolute Gasteiger partial charge is 0.481 e. The lowest BCUT2D eigenvalue weighted by Crippen LogP contribution is -2.45. The minimum absolute atomic E-state index is 0.0179. The first kappa shape index (κ1) is 45.3. The van der Waals surface area contributed by atoms with Crippen LogP contribution < -0.4 is 4.74 Å². The van der Waals surface area contributed by atoms with Crippen molar-refractivity contribution in [1.82, 2.24) is 4.90 Å². The van der Waals surface area contributed by atoms with Gasteiger partial charge in [-0.2, -0.15) is 32.3 Å². The predicted molar refractivity (Wildman–Crippen MR) is 180 cm³/mol. The Hall–Kier alpha value is -1.70. The molecule has 0 heterocycles. The Labute approximate surface area is 294 Å². The molecule has 0 amide bonds. The van der Waals surface area contributed by atoms with Crippen LogP contribution in [0.1, 0.15) is 53.9 Å². The Morgan fingerprint density at radius 1 is 0.714 bits per heavy atom. The van der Waals surface area contributed by atoms with E-state index in [0.29, 0.717) is 63.2 Å². The maximum Gasteiger partial charge on any atom is 0.312 e. The van der Waals surface area contributed by atoms with Crippen molar-refractivity contribution in [2.24, 2.45) is 0 Å². The van der Waals surface area contributed by atoms with Crippen LogP contribution in [0, 0.1) is 29.1 Å². The Morgan fingerprint density at radius 2 is 1.24 bits per heavy atom. The molecule has 0 aromatic heterocycles. The molecule has 0 bridgehead atoms. The summed E-state index contributed by atoms with van der Waals surface area (Å²) in [5.41, 5.74) is -0.781. The molecule has 0 radical (unpaired) electrons. The first-order chi connectivity index (χ1) is 22.8. The number of sulfone groups is 1. The highest BCUT2D eigenvalue weighted by molar-refractivity contribution is 8.00. The van der Waals surface area contributed by atoms with E-state index < -0.39 is 62.2 Å². The van der Waals surface area contributed by atoms with Crippen LogP contribution in [0.25, 0.3) is 0 Å². The number of esters is 1. The second kappa shape index (κ2) is 22.3. The van der Waals surface area contributed by atoms with Gasteiger partial charge in [0.25, 0.3) is 0 Å². The number of carbonyl (C=O) groups is 2. The van der Waals surface area contributed by atoms with Crippen molar-refractivity contribution in [3.05, 3.63) is 29.1 Å². The smallest absolute Gasteiger partial charge is 0.312 e. The third-order valence-electron chi connectivity index (χ3n) is 6.91. The Balaban J connectivity index is 2.09. The Kier molecular flexibility index (Phi) is 20.6. The van der Waals surface area contributed by atoms with Crippen LogP contribution in [-0.4, -0.2) is 122 Å². The van der Waals surface area contributed by atoms with E-state index in [1.165, 1.54) is 23.5 Å². The normalized spacial score (nSPS) is 12.6. The second-order valence-electron chi connectivity index (χ2n) is 12.4. The number of rotatable bonds is 26. The van der Waals surface area contributed by atoms with Crippen LogP contribution >= 0.6 is 23.5 Å². The van der Waals surface area contributed by atoms with Gasteiger partial charge in [-0.05, 0) is 41.0 Å². The summed E-state index contributed by atoms with van der Waals surface area (Å²) >= 11 is 2.71. The first-order valence-electron chi connectivity index (χ1n) is 15.6. The van der Waals surface area contributed by atoms with Crippen LogP contribution in [0.15, 0.2) is 0 Å². The average molecular weight is 770 g/mol. The van der Waals surface area contributed by atoms with E-state index in [9.17, 15) is 40.0 Å². The number of benzene rings is 1. The molecule has 0 aliphatic rings. The molecule has 1 aromatic rings. The van der Waals surface area contributed by atoms with E-state index in [4.69, 9.17) is 19.3 Å². The fourth-order valence-corrected chi connectivity index (χ4v) is 7.20. The molecule has 0 saturated carbocycles. The first-order valence-corrected chi connectivity index (χ1v) is 19.7. The zero-order chi connectivity index (χ0) is 37.3. The molecule has 0 aliphatic carbocycles. The van der Waals surface area contributed by atoms with Gasteiger partial charge in [-0.25, -0.2) is 21.6 Å². The van der Waals surface area contributed by atoms with Crippen molar-refractivity contribution in [2.75, 3.05) is 80.6 Å². The van der Waals surface area contributed by atoms with Gasteiger partial charge in [0.15, 0.2) is 9.84 Å². The number of hydrogen-bond acceptors (Lipinski definition) is 11. The minimum Gasteiger partial charge on any atom is -0.481 e. The van der Waals surface area contributed by atoms with E-state index in [0.717, 1.165) is 0 Å². The maximum absolute atomic E-state index is 13.6. The second-order valence-corrected chi connectivity index (χ2v) is 17.1. The molecule has 0 spiro atoms. The summed E-state index contributed by atoms with van der Waals surface area (Å²) in [4.78, 5) is 24.8. The molecular weight excluding hydrogens is 722 g/mol. The third-order valence-corrected chi connectivity index (χ3v) is 10.7. The topological polar surface area (TPSA) is 129 Å². The zero-order valence-electron chi connectivity index (χ0n) is 28.6. The van der Waals surface area contributed by atoms with Gasteiger partial charge in [0.05, 0.1) is 63.0 Å². The molecule has 1 aromatic carbocycles. The Bertz CT molecular complexity index is 1270. The molecule has 0 aliphatic heterocycles. The molecule has 0 unspecified atom stereocenters. The monoisotopic (exact) mass is 769 g/mol. The summed E-state index contributed by atoms with van der Waals surface area (Å²) in [6.45, 7) is 12.3. The lowest BCUT2D eigenvalue weighted by Gasteiger charge is -2.37. The van der Waals surface area contributed by atoms with Gasteiger partial charge in [0.2, 0.25) is 34.8 Å². The number of nitrogens with zero attached hydrogens (tertiary/aromatic N) is 1. The van der Waals surface area contributed by atoms with Crippen LogP contribution in [0.2, 0.25) is 0 Å². The summed E-state index contributed by atoms with van der Waals surface area (Å²) < 4.78 is 113. The van der Waals surface area contributed by atoms with E-state index in [1.54, 1.807) is 0 Å². The van der Waals surface area contributed by atoms with Gasteiger partial charge in [-0.15, -0.1) is 0 Å². The number of carboxylic acids is 1. The van der Waals surface area contributed by atoms with Gasteiger partial charge in [-0.1, -0.05) is 0 Å². The van der Waals surface area contributed by atoms with Crippen LogP contribution in [0.4, 0.5) is 22.0 Å². The SMILES string of the molecule is CC(C)(CCN(CCC(=O)O)C(C)(C)C)OCCS(=O)(=O)CCSCCOCCOCCSCCC(=O)Oc1c(F)c(F)c(F)c(F)c1F. The molecule has 0 atom stereocenters. The molecular formula is C31H48F5NO9S3. The molecule has 1 N–H and O–H groups in total. The average Bonchev–Trinajstić information content (AvgIpc) is 3.00. The molecule has 49 heavy (non-hydrogen) atoms. The summed E-state index contributed by atoms with van der Waals surface area (Å²) in [7, 11) is -3.30. The highest BCUT2D eigenvalue weighted by Crippen LogP contribution is 2.29. The van der Waals surface area contributed by atoms with Crippen molar-refractivity contribution < 1.29 is 64.0 Å². The summed E-state index contributed by atoms with van der Waals surface area (Å²) in [5.74, 6) is -13.2. The number of halogens is 5. The van der Waals surface area contributed by atoms with Crippen molar-refractivity contribution >= 4 is 45.3 Å². The number of carbonyl (C=O) groups excluding carboxylic acids is 1. The fraction of sp³-hybridized carbons (Fsp3) is 0.742. The summed E-state index contributed by atoms with van der Waals surface area (Å²) in [5, 5.41) is 9.02. The maximum atomic E-state index is 13.6. The van der Waals surface area contributed by atoms with Crippen LogP contribution in [0.3, 0.4) is 0 Å². The van der Waals surface area contributed by atoms with Crippen LogP contribution in [0.5, 0.6) is 5.75 Å². The van der Waals surface area contributed by atoms with Gasteiger partial charge in [-0.3, -0.25) is 14.5 Å². The Morgan fingerprint density at radius 3 is 1.78 bits per heavy atom. The van der Waals surface area contributed by atoms with E-state index in [2.05, 4.69) is 9.64 Å². The number of carboxylic acid groups (broad SMARTS) is 1. The molecule has 1 rings (SSSR count). The number of ether oxygens (including phenoxy) is 4. The number of hydrogen-bond donors (Lipinski definition) is 1. The van der Waals surface area contributed by atoms with Gasteiger partial charge in [0, 0.05) is 41.6 Å². The van der Waals surface area contributed by atoms with Crippen molar-refractivity contribution in [1.29, 1.82) is 0 Å². The molecule has 10 nitrogen and oxygen atoms in total. The zero-order valence-corrected chi connectivity index (χ0v) is 31.0. The lowest BCUT2D eigenvalue weighted by atomic mass is 10.0. The molecule has 18 heteroatoms. The minimum atomic E-state index is -3.30. The van der Waals surface area contributed by atoms with E-state index >= 15 is 0 Å². The quantitative estimate of drug-likeness (QED) is 0.0326. The van der Waals surface area contributed by atoms with E-state index in [1.807, 2.05) is 34.6 Å². The number of aliphatic carboxylic acids is 1. The standard InChI is InChI=1S/C31H48F5NO9S3/c1-30(2,3)37(9-6-22(38)39)10-8-31(4,5)45-15-20-49(41,42)21-19-48-18-14-44-12-11-43-13-17-47-16-7-23(40)46-29-27(35)25(33)24(32)26(34)28(29)36/h6-21H2,1-5H3,(H,38,39). The van der Waals surface area contributed by atoms with Gasteiger partial charge < -0.3 is 24.1 Å². The van der Waals surface area contributed by atoms with Crippen LogP contribution in [-0.2, 0) is 33.6 Å². The van der Waals surface area contributed by atoms with Crippen molar-refractivity contribution in [2.45, 2.75) is 65.0 Å².